The first-order valence-electron chi connectivity index (χ1n) is 9.03. The van der Waals surface area contributed by atoms with Crippen molar-refractivity contribution < 1.29 is 13.2 Å². The van der Waals surface area contributed by atoms with Crippen LogP contribution in [0.15, 0.2) is 35.2 Å². The van der Waals surface area contributed by atoms with Crippen molar-refractivity contribution in [3.63, 3.8) is 0 Å². The highest BCUT2D eigenvalue weighted by molar-refractivity contribution is 7.89. The maximum absolute atomic E-state index is 13.1. The van der Waals surface area contributed by atoms with E-state index in [9.17, 15) is 13.2 Å². The van der Waals surface area contributed by atoms with Crippen LogP contribution in [0.5, 0.6) is 0 Å². The molecule has 28 heavy (non-hydrogen) atoms. The second-order valence-corrected chi connectivity index (χ2v) is 9.42. The van der Waals surface area contributed by atoms with E-state index >= 15 is 0 Å². The van der Waals surface area contributed by atoms with E-state index in [0.717, 1.165) is 25.7 Å². The molecule has 0 atom stereocenters. The second kappa shape index (κ2) is 8.78. The molecule has 0 aliphatic carbocycles. The molecule has 6 nitrogen and oxygen atoms in total. The maximum Gasteiger partial charge on any atom is 0.275 e. The molecule has 1 aliphatic rings. The zero-order valence-corrected chi connectivity index (χ0v) is 17.7. The smallest absolute Gasteiger partial charge is 0.275 e. The molecule has 1 aromatic carbocycles. The van der Waals surface area contributed by atoms with Gasteiger partial charge >= 0.3 is 0 Å². The number of rotatable bonds is 4. The lowest BCUT2D eigenvalue weighted by atomic mass is 10.2. The predicted molar refractivity (Wildman–Crippen MR) is 111 cm³/mol. The minimum atomic E-state index is -3.63. The third kappa shape index (κ3) is 4.66. The SMILES string of the molecule is Cc1ccc(NC(=O)c2nc(Cl)ccc2Cl)cc1S(=O)(=O)N1CCCCCC1. The van der Waals surface area contributed by atoms with Gasteiger partial charge in [0.05, 0.1) is 9.92 Å². The van der Waals surface area contributed by atoms with E-state index in [1.807, 2.05) is 0 Å². The summed E-state index contributed by atoms with van der Waals surface area (Å²) in [7, 11) is -3.63. The average molecular weight is 442 g/mol. The summed E-state index contributed by atoms with van der Waals surface area (Å²) in [5, 5.41) is 2.95. The van der Waals surface area contributed by atoms with Crippen LogP contribution >= 0.6 is 23.2 Å². The molecule has 3 rings (SSSR count). The first kappa shape index (κ1) is 21.0. The summed E-state index contributed by atoms with van der Waals surface area (Å²) in [5.74, 6) is -0.561. The summed E-state index contributed by atoms with van der Waals surface area (Å²) >= 11 is 11.9. The van der Waals surface area contributed by atoms with Gasteiger partial charge in [0.15, 0.2) is 0 Å². The number of benzene rings is 1. The van der Waals surface area contributed by atoms with Gasteiger partial charge in [-0.05, 0) is 49.6 Å². The Morgan fingerprint density at radius 2 is 1.75 bits per heavy atom. The minimum absolute atomic E-state index is 0.0216. The Balaban J connectivity index is 1.89. The molecule has 1 fully saturated rings. The Bertz CT molecular complexity index is 988. The van der Waals surface area contributed by atoms with Crippen LogP contribution in [0.25, 0.3) is 0 Å². The van der Waals surface area contributed by atoms with Crippen molar-refractivity contribution in [2.75, 3.05) is 18.4 Å². The van der Waals surface area contributed by atoms with E-state index in [4.69, 9.17) is 23.2 Å². The van der Waals surface area contributed by atoms with E-state index in [1.54, 1.807) is 19.1 Å². The third-order valence-corrected chi connectivity index (χ3v) is 7.21. The fourth-order valence-corrected chi connectivity index (χ4v) is 5.25. The molecule has 2 aromatic rings. The zero-order valence-electron chi connectivity index (χ0n) is 15.4. The van der Waals surface area contributed by atoms with Crippen LogP contribution < -0.4 is 5.32 Å². The van der Waals surface area contributed by atoms with Crippen molar-refractivity contribution in [3.8, 4) is 0 Å². The lowest BCUT2D eigenvalue weighted by molar-refractivity contribution is 0.102. The number of sulfonamides is 1. The Morgan fingerprint density at radius 1 is 1.07 bits per heavy atom. The van der Waals surface area contributed by atoms with Gasteiger partial charge in [-0.1, -0.05) is 42.1 Å². The topological polar surface area (TPSA) is 79.4 Å². The zero-order chi connectivity index (χ0) is 20.3. The minimum Gasteiger partial charge on any atom is -0.321 e. The van der Waals surface area contributed by atoms with Gasteiger partial charge < -0.3 is 5.32 Å². The standard InChI is InChI=1S/C19H21Cl2N3O3S/c1-13-6-7-14(22-19(25)18-15(20)8-9-17(21)23-18)12-16(13)28(26,27)24-10-4-2-3-5-11-24/h6-9,12H,2-5,10-11H2,1H3,(H,22,25). The van der Waals surface area contributed by atoms with Crippen LogP contribution in [0.2, 0.25) is 10.2 Å². The van der Waals surface area contributed by atoms with Gasteiger partial charge in [0, 0.05) is 18.8 Å². The van der Waals surface area contributed by atoms with Crippen LogP contribution in [0.3, 0.4) is 0 Å². The summed E-state index contributed by atoms with van der Waals surface area (Å²) in [6, 6.07) is 7.76. The fourth-order valence-electron chi connectivity index (χ4n) is 3.14. The number of aromatic nitrogens is 1. The molecular formula is C19H21Cl2N3O3S. The lowest BCUT2D eigenvalue weighted by Gasteiger charge is -2.21. The maximum atomic E-state index is 13.1. The summed E-state index contributed by atoms with van der Waals surface area (Å²) in [6.45, 7) is 2.77. The molecule has 0 spiro atoms. The van der Waals surface area contributed by atoms with Gasteiger partial charge in [-0.3, -0.25) is 4.79 Å². The van der Waals surface area contributed by atoms with E-state index in [0.29, 0.717) is 24.3 Å². The van der Waals surface area contributed by atoms with Gasteiger partial charge in [-0.2, -0.15) is 4.31 Å². The van der Waals surface area contributed by atoms with Gasteiger partial charge in [0.25, 0.3) is 5.91 Å². The third-order valence-electron chi connectivity index (χ3n) is 4.66. The van der Waals surface area contributed by atoms with Crippen LogP contribution in [0.4, 0.5) is 5.69 Å². The summed E-state index contributed by atoms with van der Waals surface area (Å²) < 4.78 is 27.8. The molecule has 1 aromatic heterocycles. The lowest BCUT2D eigenvalue weighted by Crippen LogP contribution is -2.32. The van der Waals surface area contributed by atoms with Gasteiger partial charge in [-0.15, -0.1) is 0 Å². The highest BCUT2D eigenvalue weighted by atomic mass is 35.5. The first-order chi connectivity index (χ1) is 13.3. The van der Waals surface area contributed by atoms with Crippen molar-refractivity contribution in [2.24, 2.45) is 0 Å². The van der Waals surface area contributed by atoms with E-state index < -0.39 is 15.9 Å². The largest absolute Gasteiger partial charge is 0.321 e. The summed E-state index contributed by atoms with van der Waals surface area (Å²) in [4.78, 5) is 16.6. The second-order valence-electron chi connectivity index (χ2n) is 6.72. The molecule has 9 heteroatoms. The number of halogens is 2. The molecule has 150 valence electrons. The van der Waals surface area contributed by atoms with E-state index in [2.05, 4.69) is 10.3 Å². The van der Waals surface area contributed by atoms with Crippen molar-refractivity contribution in [3.05, 3.63) is 51.8 Å². The Kier molecular flexibility index (Phi) is 6.60. The molecule has 1 aliphatic heterocycles. The quantitative estimate of drug-likeness (QED) is 0.707. The van der Waals surface area contributed by atoms with Gasteiger partial charge in [-0.25, -0.2) is 13.4 Å². The highest BCUT2D eigenvalue weighted by Gasteiger charge is 2.27. The number of amides is 1. The molecular weight excluding hydrogens is 421 g/mol. The number of hydrogen-bond acceptors (Lipinski definition) is 4. The number of aryl methyl sites for hydroxylation is 1. The van der Waals surface area contributed by atoms with Crippen molar-refractivity contribution >= 4 is 44.8 Å². The highest BCUT2D eigenvalue weighted by Crippen LogP contribution is 2.26. The number of carbonyl (C=O) groups excluding carboxylic acids is 1. The van der Waals surface area contributed by atoms with Crippen LogP contribution in [0, 0.1) is 6.92 Å². The molecule has 2 heterocycles. The van der Waals surface area contributed by atoms with E-state index in [-0.39, 0.29) is 20.8 Å². The predicted octanol–water partition coefficient (Wildman–Crippen LogP) is 4.51. The molecule has 0 bridgehead atoms. The number of anilines is 1. The van der Waals surface area contributed by atoms with Crippen LogP contribution in [0.1, 0.15) is 41.7 Å². The molecule has 1 N–H and O–H groups in total. The number of nitrogens with one attached hydrogen (secondary N) is 1. The summed E-state index contributed by atoms with van der Waals surface area (Å²) in [5.41, 5.74) is 0.953. The Labute approximate surface area is 174 Å². The van der Waals surface area contributed by atoms with Crippen molar-refractivity contribution in [1.82, 2.24) is 9.29 Å². The first-order valence-corrected chi connectivity index (χ1v) is 11.2. The van der Waals surface area contributed by atoms with Gasteiger partial charge in [0.2, 0.25) is 10.0 Å². The number of hydrogen-bond donors (Lipinski definition) is 1. The molecule has 0 unspecified atom stereocenters. The average Bonchev–Trinajstić information content (AvgIpc) is 2.95. The van der Waals surface area contributed by atoms with Crippen LogP contribution in [-0.4, -0.2) is 36.7 Å². The van der Waals surface area contributed by atoms with E-state index in [1.165, 1.54) is 22.5 Å². The molecule has 1 saturated heterocycles. The molecule has 1 amide bonds. The molecule has 0 saturated carbocycles. The van der Waals surface area contributed by atoms with Crippen molar-refractivity contribution in [1.29, 1.82) is 0 Å². The summed E-state index contributed by atoms with van der Waals surface area (Å²) in [6.07, 6.45) is 3.78. The Hall–Kier alpha value is -1.67. The number of nitrogens with zero attached hydrogens (tertiary/aromatic N) is 2. The van der Waals surface area contributed by atoms with Crippen LogP contribution in [-0.2, 0) is 10.0 Å². The number of pyridine rings is 1. The monoisotopic (exact) mass is 441 g/mol. The fraction of sp³-hybridized carbons (Fsp3) is 0.368. The molecule has 0 radical (unpaired) electrons. The number of carbonyl (C=O) groups is 1. The van der Waals surface area contributed by atoms with Gasteiger partial charge in [0.1, 0.15) is 10.8 Å². The normalized spacial score (nSPS) is 15.8. The van der Waals surface area contributed by atoms with Crippen molar-refractivity contribution in [2.45, 2.75) is 37.5 Å². The Morgan fingerprint density at radius 3 is 2.43 bits per heavy atom.